The van der Waals surface area contributed by atoms with Crippen LogP contribution in [0.25, 0.3) is 0 Å². The number of rotatable bonds is 7. The van der Waals surface area contributed by atoms with Gasteiger partial charge in [0, 0.05) is 30.4 Å². The molecule has 110 valence electrons. The van der Waals surface area contributed by atoms with Crippen LogP contribution in [0.4, 0.5) is 5.69 Å². The number of aryl methyl sites for hydroxylation is 1. The number of nitrogen functional groups attached to an aromatic ring is 1. The van der Waals surface area contributed by atoms with Crippen molar-refractivity contribution >= 4 is 11.6 Å². The normalized spacial score (nSPS) is 14.4. The monoisotopic (exact) mass is 276 g/mol. The Morgan fingerprint density at radius 2 is 2.20 bits per heavy atom. The van der Waals surface area contributed by atoms with Gasteiger partial charge in [-0.25, -0.2) is 0 Å². The van der Waals surface area contributed by atoms with Crippen LogP contribution in [0.1, 0.15) is 35.7 Å². The number of benzene rings is 1. The van der Waals surface area contributed by atoms with Crippen molar-refractivity contribution in [1.29, 1.82) is 0 Å². The summed E-state index contributed by atoms with van der Waals surface area (Å²) in [5.74, 6) is 5.34. The van der Waals surface area contributed by atoms with Crippen LogP contribution in [-0.4, -0.2) is 36.5 Å². The summed E-state index contributed by atoms with van der Waals surface area (Å²) in [7, 11) is 0. The highest BCUT2D eigenvalue weighted by Gasteiger charge is 2.27. The second-order valence-electron chi connectivity index (χ2n) is 5.29. The number of carbonyl (C=O) groups excluding carboxylic acids is 1. The highest BCUT2D eigenvalue weighted by molar-refractivity contribution is 5.96. The zero-order valence-corrected chi connectivity index (χ0v) is 12.3. The summed E-state index contributed by atoms with van der Waals surface area (Å²) >= 11 is 0. The van der Waals surface area contributed by atoms with Crippen molar-refractivity contribution in [3.8, 4) is 0 Å². The lowest BCUT2D eigenvalue weighted by Gasteiger charge is -2.20. The summed E-state index contributed by atoms with van der Waals surface area (Å²) in [5.41, 5.74) is 5.02. The van der Waals surface area contributed by atoms with E-state index >= 15 is 0 Å². The molecule has 1 saturated carbocycles. The molecule has 1 aliphatic carbocycles. The first-order chi connectivity index (χ1) is 9.65. The number of hydrogen-bond acceptors (Lipinski definition) is 4. The Morgan fingerprint density at radius 3 is 2.75 bits per heavy atom. The number of likely N-dealkylation sites (N-methyl/N-ethyl adjacent to an activating group) is 1. The third-order valence-electron chi connectivity index (χ3n) is 3.79. The van der Waals surface area contributed by atoms with Gasteiger partial charge in [0.1, 0.15) is 0 Å². The van der Waals surface area contributed by atoms with Crippen molar-refractivity contribution in [2.24, 2.45) is 5.84 Å². The SMILES string of the molecule is CCN(CCNC(=O)c1ccc(NN)cc1C)C1CC1. The zero-order valence-electron chi connectivity index (χ0n) is 12.3. The minimum absolute atomic E-state index is 0.0158. The molecule has 0 spiro atoms. The molecule has 0 aromatic heterocycles. The summed E-state index contributed by atoms with van der Waals surface area (Å²) in [6.45, 7) is 6.76. The van der Waals surface area contributed by atoms with Crippen LogP contribution in [0.5, 0.6) is 0 Å². The second-order valence-corrected chi connectivity index (χ2v) is 5.29. The Hall–Kier alpha value is -1.59. The van der Waals surface area contributed by atoms with Gasteiger partial charge in [-0.05, 0) is 50.1 Å². The van der Waals surface area contributed by atoms with Crippen molar-refractivity contribution in [3.63, 3.8) is 0 Å². The fourth-order valence-electron chi connectivity index (χ4n) is 2.46. The van der Waals surface area contributed by atoms with E-state index in [0.717, 1.165) is 30.4 Å². The van der Waals surface area contributed by atoms with E-state index in [0.29, 0.717) is 12.1 Å². The maximum Gasteiger partial charge on any atom is 0.251 e. The summed E-state index contributed by atoms with van der Waals surface area (Å²) in [5, 5.41) is 2.99. The number of nitrogens with zero attached hydrogens (tertiary/aromatic N) is 1. The lowest BCUT2D eigenvalue weighted by Crippen LogP contribution is -2.36. The second kappa shape index (κ2) is 6.72. The van der Waals surface area contributed by atoms with Crippen molar-refractivity contribution in [3.05, 3.63) is 29.3 Å². The van der Waals surface area contributed by atoms with Crippen LogP contribution in [0.3, 0.4) is 0 Å². The molecule has 0 heterocycles. The molecule has 0 unspecified atom stereocenters. The first-order valence-electron chi connectivity index (χ1n) is 7.25. The van der Waals surface area contributed by atoms with Gasteiger partial charge in [0.25, 0.3) is 5.91 Å². The van der Waals surface area contributed by atoms with Gasteiger partial charge in [-0.1, -0.05) is 6.92 Å². The van der Waals surface area contributed by atoms with E-state index < -0.39 is 0 Å². The van der Waals surface area contributed by atoms with E-state index in [9.17, 15) is 4.79 Å². The molecular formula is C15H24N4O. The van der Waals surface area contributed by atoms with Crippen LogP contribution in [0, 0.1) is 6.92 Å². The van der Waals surface area contributed by atoms with Crippen LogP contribution < -0.4 is 16.6 Å². The van der Waals surface area contributed by atoms with Gasteiger partial charge >= 0.3 is 0 Å². The summed E-state index contributed by atoms with van der Waals surface area (Å²) in [4.78, 5) is 14.6. The number of nitrogens with two attached hydrogens (primary N) is 1. The zero-order chi connectivity index (χ0) is 14.5. The van der Waals surface area contributed by atoms with E-state index in [2.05, 4.69) is 22.6 Å². The van der Waals surface area contributed by atoms with E-state index in [-0.39, 0.29) is 5.91 Å². The van der Waals surface area contributed by atoms with Crippen LogP contribution >= 0.6 is 0 Å². The smallest absolute Gasteiger partial charge is 0.251 e. The fraction of sp³-hybridized carbons (Fsp3) is 0.533. The molecule has 1 aromatic carbocycles. The van der Waals surface area contributed by atoms with E-state index in [1.807, 2.05) is 19.1 Å². The number of hydrazine groups is 1. The van der Waals surface area contributed by atoms with Crippen LogP contribution in [0.15, 0.2) is 18.2 Å². The maximum atomic E-state index is 12.1. The molecule has 20 heavy (non-hydrogen) atoms. The maximum absolute atomic E-state index is 12.1. The van der Waals surface area contributed by atoms with Crippen molar-refractivity contribution in [2.45, 2.75) is 32.7 Å². The van der Waals surface area contributed by atoms with Gasteiger partial charge < -0.3 is 10.7 Å². The summed E-state index contributed by atoms with van der Waals surface area (Å²) in [6, 6.07) is 6.23. The average molecular weight is 276 g/mol. The third-order valence-corrected chi connectivity index (χ3v) is 3.79. The molecule has 1 amide bonds. The first kappa shape index (κ1) is 14.8. The molecule has 0 atom stereocenters. The Kier molecular flexibility index (Phi) is 4.98. The van der Waals surface area contributed by atoms with Crippen LogP contribution in [0.2, 0.25) is 0 Å². The molecule has 0 radical (unpaired) electrons. The standard InChI is InChI=1S/C15H24N4O/c1-3-19(13-5-6-13)9-8-17-15(20)14-7-4-12(18-16)10-11(14)2/h4,7,10,13,18H,3,5-6,8-9,16H2,1-2H3,(H,17,20). The highest BCUT2D eigenvalue weighted by Crippen LogP contribution is 2.25. The minimum Gasteiger partial charge on any atom is -0.351 e. The van der Waals surface area contributed by atoms with Crippen LogP contribution in [-0.2, 0) is 0 Å². The van der Waals surface area contributed by atoms with E-state index in [1.54, 1.807) is 6.07 Å². The van der Waals surface area contributed by atoms with Gasteiger partial charge in [0.15, 0.2) is 0 Å². The Morgan fingerprint density at radius 1 is 1.45 bits per heavy atom. The third kappa shape index (κ3) is 3.71. The minimum atomic E-state index is -0.0158. The van der Waals surface area contributed by atoms with Crippen molar-refractivity contribution in [2.75, 3.05) is 25.1 Å². The molecule has 0 bridgehead atoms. The highest BCUT2D eigenvalue weighted by atomic mass is 16.1. The Balaban J connectivity index is 1.85. The molecule has 0 saturated heterocycles. The molecule has 4 N–H and O–H groups in total. The molecule has 1 aromatic rings. The van der Waals surface area contributed by atoms with Gasteiger partial charge in [-0.3, -0.25) is 15.5 Å². The molecule has 1 fully saturated rings. The largest absolute Gasteiger partial charge is 0.351 e. The lowest BCUT2D eigenvalue weighted by atomic mass is 10.1. The molecular weight excluding hydrogens is 252 g/mol. The summed E-state index contributed by atoms with van der Waals surface area (Å²) < 4.78 is 0. The number of carbonyl (C=O) groups is 1. The topological polar surface area (TPSA) is 70.4 Å². The fourth-order valence-corrected chi connectivity index (χ4v) is 2.46. The van der Waals surface area contributed by atoms with Gasteiger partial charge in [0.05, 0.1) is 0 Å². The molecule has 0 aliphatic heterocycles. The van der Waals surface area contributed by atoms with Crippen molar-refractivity contribution in [1.82, 2.24) is 10.2 Å². The molecule has 5 nitrogen and oxygen atoms in total. The van der Waals surface area contributed by atoms with E-state index in [4.69, 9.17) is 5.84 Å². The Bertz CT molecular complexity index is 471. The molecule has 1 aliphatic rings. The number of nitrogens with one attached hydrogen (secondary N) is 2. The predicted molar refractivity (Wildman–Crippen MR) is 81.6 cm³/mol. The average Bonchev–Trinajstić information content (AvgIpc) is 3.27. The first-order valence-corrected chi connectivity index (χ1v) is 7.25. The van der Waals surface area contributed by atoms with Gasteiger partial charge in [0.2, 0.25) is 0 Å². The Labute approximate surface area is 120 Å². The molecule has 5 heteroatoms. The van der Waals surface area contributed by atoms with E-state index in [1.165, 1.54) is 12.8 Å². The number of hydrogen-bond donors (Lipinski definition) is 3. The summed E-state index contributed by atoms with van der Waals surface area (Å²) in [6.07, 6.45) is 2.60. The van der Waals surface area contributed by atoms with Gasteiger partial charge in [-0.2, -0.15) is 0 Å². The van der Waals surface area contributed by atoms with Crippen molar-refractivity contribution < 1.29 is 4.79 Å². The quantitative estimate of drug-likeness (QED) is 0.521. The number of anilines is 1. The lowest BCUT2D eigenvalue weighted by molar-refractivity contribution is 0.0947. The number of amides is 1. The predicted octanol–water partition coefficient (Wildman–Crippen LogP) is 1.49. The molecule has 2 rings (SSSR count). The van der Waals surface area contributed by atoms with Gasteiger partial charge in [-0.15, -0.1) is 0 Å².